The van der Waals surface area contributed by atoms with Crippen molar-refractivity contribution in [1.82, 2.24) is 29.4 Å². The molecule has 0 saturated carbocycles. The number of ether oxygens (including phenoxy) is 1. The second kappa shape index (κ2) is 8.65. The molecule has 1 aromatic carbocycles. The molecule has 0 unspecified atom stereocenters. The average Bonchev–Trinajstić information content (AvgIpc) is 3.53. The summed E-state index contributed by atoms with van der Waals surface area (Å²) in [6, 6.07) is 7.74. The molecular weight excluding hydrogens is 430 g/mol. The van der Waals surface area contributed by atoms with Crippen molar-refractivity contribution in [3.8, 4) is 11.8 Å². The van der Waals surface area contributed by atoms with E-state index in [0.717, 1.165) is 22.0 Å². The number of benzene rings is 1. The molecule has 1 aliphatic rings. The fraction of sp³-hybridized carbons (Fsp3) is 0.280. The Balaban J connectivity index is 1.54. The zero-order chi connectivity index (χ0) is 23.8. The van der Waals surface area contributed by atoms with Crippen molar-refractivity contribution in [1.29, 1.82) is 0 Å². The van der Waals surface area contributed by atoms with Crippen LogP contribution in [0.25, 0.3) is 21.8 Å². The van der Waals surface area contributed by atoms with Crippen LogP contribution in [-0.4, -0.2) is 61.7 Å². The van der Waals surface area contributed by atoms with Crippen molar-refractivity contribution in [2.75, 3.05) is 26.0 Å². The van der Waals surface area contributed by atoms with Crippen LogP contribution in [0, 0.1) is 11.8 Å². The van der Waals surface area contributed by atoms with E-state index in [2.05, 4.69) is 28.5 Å². The Labute approximate surface area is 196 Å². The molecule has 0 aliphatic carbocycles. The van der Waals surface area contributed by atoms with Crippen LogP contribution in [0.4, 0.5) is 5.82 Å². The van der Waals surface area contributed by atoms with Crippen LogP contribution in [0.3, 0.4) is 0 Å². The number of anilines is 1. The van der Waals surface area contributed by atoms with Gasteiger partial charge in [0.05, 0.1) is 41.3 Å². The number of pyridine rings is 1. The molecular formula is C25H25N7O2. The van der Waals surface area contributed by atoms with E-state index in [1.54, 1.807) is 18.2 Å². The minimum atomic E-state index is -0.118. The Bertz CT molecular complexity index is 1470. The molecule has 4 heterocycles. The molecule has 1 saturated heterocycles. The zero-order valence-corrected chi connectivity index (χ0v) is 19.1. The summed E-state index contributed by atoms with van der Waals surface area (Å²) in [4.78, 5) is 18.5. The Morgan fingerprint density at radius 1 is 1.32 bits per heavy atom. The minimum absolute atomic E-state index is 0.0457. The zero-order valence-electron chi connectivity index (χ0n) is 19.1. The molecule has 0 spiro atoms. The third kappa shape index (κ3) is 3.68. The van der Waals surface area contributed by atoms with E-state index in [1.807, 2.05) is 46.9 Å². The lowest BCUT2D eigenvalue weighted by Crippen LogP contribution is -2.37. The molecule has 34 heavy (non-hydrogen) atoms. The van der Waals surface area contributed by atoms with Gasteiger partial charge < -0.3 is 15.4 Å². The van der Waals surface area contributed by atoms with Crippen LogP contribution in [0.1, 0.15) is 23.7 Å². The van der Waals surface area contributed by atoms with Gasteiger partial charge in [0.2, 0.25) is 5.91 Å². The lowest BCUT2D eigenvalue weighted by atomic mass is 10.1. The number of nitrogens with zero attached hydrogens (tertiary/aromatic N) is 6. The van der Waals surface area contributed by atoms with Gasteiger partial charge in [-0.25, -0.2) is 4.98 Å². The van der Waals surface area contributed by atoms with Gasteiger partial charge >= 0.3 is 0 Å². The van der Waals surface area contributed by atoms with Gasteiger partial charge in [-0.05, 0) is 42.7 Å². The van der Waals surface area contributed by atoms with Gasteiger partial charge in [0.25, 0.3) is 0 Å². The highest BCUT2D eigenvalue weighted by Crippen LogP contribution is 2.32. The smallest absolute Gasteiger partial charge is 0.246 e. The second-order valence-electron chi connectivity index (χ2n) is 8.37. The number of nitrogen functional groups attached to an aromatic ring is 1. The molecule has 1 fully saturated rings. The third-order valence-electron chi connectivity index (χ3n) is 6.28. The maximum Gasteiger partial charge on any atom is 0.246 e. The number of hydrogen-bond acceptors (Lipinski definition) is 6. The lowest BCUT2D eigenvalue weighted by Gasteiger charge is -2.22. The van der Waals surface area contributed by atoms with Crippen molar-refractivity contribution < 1.29 is 9.53 Å². The first kappa shape index (κ1) is 21.7. The summed E-state index contributed by atoms with van der Waals surface area (Å²) < 4.78 is 9.09. The fourth-order valence-electron chi connectivity index (χ4n) is 4.66. The van der Waals surface area contributed by atoms with Crippen LogP contribution in [0.2, 0.25) is 0 Å². The first-order valence-electron chi connectivity index (χ1n) is 11.0. The number of carbonyl (C=O) groups excluding carboxylic acids is 1. The van der Waals surface area contributed by atoms with E-state index in [1.165, 1.54) is 6.08 Å². The van der Waals surface area contributed by atoms with Crippen LogP contribution in [0.5, 0.6) is 0 Å². The Morgan fingerprint density at radius 2 is 2.18 bits per heavy atom. The van der Waals surface area contributed by atoms with E-state index in [4.69, 9.17) is 15.6 Å². The molecule has 3 aromatic heterocycles. The average molecular weight is 456 g/mol. The maximum atomic E-state index is 12.4. The monoisotopic (exact) mass is 455 g/mol. The van der Waals surface area contributed by atoms with Gasteiger partial charge in [0.1, 0.15) is 11.5 Å². The Hall–Kier alpha value is -4.16. The SMILES string of the molecule is C=CC(=O)N1C[C@@H](n2nc(C#Cc3ccc4c(cnn4C)c3)c3c(N)nccc32)C[C@@H]1COC. The standard InChI is InChI=1S/C25H25N7O2/c1-4-23(33)31-14-18(12-19(31)15-34-3)32-22-9-10-27-25(26)24(22)20(29-32)7-5-16-6-8-21-17(11-16)13-28-30(21)2/h4,6,8-11,13,18-19H,1,12,14-15H2,2-3H3,(H2,26,27)/t18-,19+/m0/s1. The number of amides is 1. The summed E-state index contributed by atoms with van der Waals surface area (Å²) in [5, 5.41) is 10.9. The van der Waals surface area contributed by atoms with Crippen LogP contribution in [-0.2, 0) is 16.6 Å². The van der Waals surface area contributed by atoms with E-state index in [9.17, 15) is 4.79 Å². The number of aryl methyl sites for hydroxylation is 1. The van der Waals surface area contributed by atoms with E-state index < -0.39 is 0 Å². The van der Waals surface area contributed by atoms with Gasteiger partial charge in [0.15, 0.2) is 0 Å². The van der Waals surface area contributed by atoms with Gasteiger partial charge in [-0.15, -0.1) is 0 Å². The number of rotatable bonds is 4. The van der Waals surface area contributed by atoms with Crippen LogP contribution in [0.15, 0.2) is 49.3 Å². The largest absolute Gasteiger partial charge is 0.383 e. The highest BCUT2D eigenvalue weighted by molar-refractivity contribution is 5.93. The van der Waals surface area contributed by atoms with Crippen LogP contribution >= 0.6 is 0 Å². The highest BCUT2D eigenvalue weighted by atomic mass is 16.5. The molecule has 9 heteroatoms. The fourth-order valence-corrected chi connectivity index (χ4v) is 4.66. The quantitative estimate of drug-likeness (QED) is 0.374. The molecule has 1 aliphatic heterocycles. The molecule has 0 radical (unpaired) electrons. The van der Waals surface area contributed by atoms with E-state index in [-0.39, 0.29) is 18.0 Å². The first-order valence-corrected chi connectivity index (χ1v) is 11.0. The number of hydrogen-bond donors (Lipinski definition) is 1. The number of methoxy groups -OCH3 is 1. The lowest BCUT2D eigenvalue weighted by molar-refractivity contribution is -0.127. The minimum Gasteiger partial charge on any atom is -0.383 e. The highest BCUT2D eigenvalue weighted by Gasteiger charge is 2.36. The Kier molecular flexibility index (Phi) is 5.51. The van der Waals surface area contributed by atoms with Crippen molar-refractivity contribution in [3.63, 3.8) is 0 Å². The molecule has 0 bridgehead atoms. The Morgan fingerprint density at radius 3 is 2.97 bits per heavy atom. The van der Waals surface area contributed by atoms with Gasteiger partial charge in [-0.1, -0.05) is 12.5 Å². The molecule has 1 amide bonds. The summed E-state index contributed by atoms with van der Waals surface area (Å²) >= 11 is 0. The molecule has 4 aromatic rings. The normalized spacial score (nSPS) is 17.8. The van der Waals surface area contributed by atoms with Crippen molar-refractivity contribution in [3.05, 3.63) is 60.6 Å². The van der Waals surface area contributed by atoms with Crippen LogP contribution < -0.4 is 5.73 Å². The summed E-state index contributed by atoms with van der Waals surface area (Å²) in [5.41, 5.74) is 9.54. The van der Waals surface area contributed by atoms with E-state index in [0.29, 0.717) is 36.5 Å². The summed E-state index contributed by atoms with van der Waals surface area (Å²) in [5.74, 6) is 6.66. The molecule has 172 valence electrons. The molecule has 2 N–H and O–H groups in total. The predicted octanol–water partition coefficient (Wildman–Crippen LogP) is 2.27. The summed E-state index contributed by atoms with van der Waals surface area (Å²) in [7, 11) is 3.54. The van der Waals surface area contributed by atoms with Crippen molar-refractivity contribution in [2.24, 2.45) is 7.05 Å². The van der Waals surface area contributed by atoms with E-state index >= 15 is 0 Å². The topological polar surface area (TPSA) is 104 Å². The first-order chi connectivity index (χ1) is 16.5. The number of likely N-dealkylation sites (tertiary alicyclic amines) is 1. The van der Waals surface area contributed by atoms with Crippen molar-refractivity contribution >= 4 is 33.5 Å². The van der Waals surface area contributed by atoms with Gasteiger partial charge in [-0.2, -0.15) is 10.2 Å². The maximum absolute atomic E-state index is 12.4. The summed E-state index contributed by atoms with van der Waals surface area (Å²) in [6.07, 6.45) is 5.53. The number of fused-ring (bicyclic) bond motifs is 2. The number of aromatic nitrogens is 5. The number of carbonyl (C=O) groups is 1. The van der Waals surface area contributed by atoms with Gasteiger partial charge in [0, 0.05) is 37.8 Å². The molecule has 5 rings (SSSR count). The van der Waals surface area contributed by atoms with Crippen molar-refractivity contribution in [2.45, 2.75) is 18.5 Å². The number of nitrogens with two attached hydrogens (primary N) is 1. The predicted molar refractivity (Wildman–Crippen MR) is 130 cm³/mol. The summed E-state index contributed by atoms with van der Waals surface area (Å²) in [6.45, 7) is 4.58. The molecule has 9 nitrogen and oxygen atoms in total. The van der Waals surface area contributed by atoms with Gasteiger partial charge in [-0.3, -0.25) is 14.2 Å². The second-order valence-corrected chi connectivity index (χ2v) is 8.37. The molecule has 2 atom stereocenters. The third-order valence-corrected chi connectivity index (χ3v) is 6.28.